The number of rotatable bonds is 1. The molecule has 0 N–H and O–H groups in total. The summed E-state index contributed by atoms with van der Waals surface area (Å²) in [4.78, 5) is 0. The normalized spacial score (nSPS) is 12.2. The maximum absolute atomic E-state index is 12.3. The van der Waals surface area contributed by atoms with Gasteiger partial charge >= 0.3 is 6.98 Å². The summed E-state index contributed by atoms with van der Waals surface area (Å²) in [5, 5.41) is 0.483. The van der Waals surface area contributed by atoms with E-state index in [2.05, 4.69) is 0 Å². The second-order valence-corrected chi connectivity index (χ2v) is 2.79. The van der Waals surface area contributed by atoms with E-state index in [1.54, 1.807) is 0 Å². The summed E-state index contributed by atoms with van der Waals surface area (Å²) < 4.78 is 41.7. The van der Waals surface area contributed by atoms with Gasteiger partial charge in [0.1, 0.15) is 5.58 Å². The van der Waals surface area contributed by atoms with Gasteiger partial charge in [-0.15, -0.1) is 5.46 Å². The maximum Gasteiger partial charge on any atom is 0.509 e. The molecule has 1 aromatic heterocycles. The molecule has 2 aromatic rings. The summed E-state index contributed by atoms with van der Waals surface area (Å²) in [6, 6.07) is 4.98. The number of hydrogen-bond acceptors (Lipinski definition) is 1. The van der Waals surface area contributed by atoms with Gasteiger partial charge in [0.05, 0.1) is 6.26 Å². The van der Waals surface area contributed by atoms with Gasteiger partial charge in [0.25, 0.3) is 0 Å². The lowest BCUT2D eigenvalue weighted by Crippen LogP contribution is -2.33. The first-order valence-corrected chi connectivity index (χ1v) is 3.74. The fraction of sp³-hybridized carbons (Fsp3) is 0. The zero-order valence-corrected chi connectivity index (χ0v) is 6.51. The van der Waals surface area contributed by atoms with Crippen LogP contribution in [0.5, 0.6) is 0 Å². The van der Waals surface area contributed by atoms with Crippen LogP contribution < -0.4 is 5.46 Å². The highest BCUT2D eigenvalue weighted by Crippen LogP contribution is 2.16. The molecule has 0 aliphatic heterocycles. The van der Waals surface area contributed by atoms with E-state index in [1.165, 1.54) is 18.4 Å². The molecule has 5 heteroatoms. The highest BCUT2D eigenvalue weighted by Gasteiger charge is 2.25. The van der Waals surface area contributed by atoms with Crippen LogP contribution >= 0.6 is 0 Å². The monoisotopic (exact) mass is 185 g/mol. The van der Waals surface area contributed by atoms with Crippen molar-refractivity contribution in [3.63, 3.8) is 0 Å². The molecule has 0 aliphatic rings. The molecular weight excluding hydrogens is 180 g/mol. The minimum atomic E-state index is -4.91. The van der Waals surface area contributed by atoms with Crippen LogP contribution in [-0.4, -0.2) is 6.98 Å². The number of halogens is 3. The fourth-order valence-corrected chi connectivity index (χ4v) is 1.19. The van der Waals surface area contributed by atoms with E-state index in [9.17, 15) is 12.9 Å². The average Bonchev–Trinajstić information content (AvgIpc) is 2.47. The molecular formula is C8H5BF3O-. The van der Waals surface area contributed by atoms with E-state index in [0.717, 1.165) is 12.1 Å². The molecule has 0 bridgehead atoms. The SMILES string of the molecule is F[B-](F)(F)c1ccc2occc2c1. The van der Waals surface area contributed by atoms with E-state index >= 15 is 0 Å². The summed E-state index contributed by atoms with van der Waals surface area (Å²) in [5.74, 6) is 0. The van der Waals surface area contributed by atoms with Gasteiger partial charge in [0, 0.05) is 5.39 Å². The third-order valence-electron chi connectivity index (χ3n) is 1.85. The van der Waals surface area contributed by atoms with Crippen molar-refractivity contribution < 1.29 is 17.4 Å². The zero-order chi connectivity index (χ0) is 9.47. The second kappa shape index (κ2) is 2.55. The molecule has 68 valence electrons. The number of fused-ring (bicyclic) bond motifs is 1. The minimum Gasteiger partial charge on any atom is -0.464 e. The predicted molar refractivity (Wildman–Crippen MR) is 44.9 cm³/mol. The van der Waals surface area contributed by atoms with Crippen LogP contribution in [0, 0.1) is 0 Å². The maximum atomic E-state index is 12.3. The quantitative estimate of drug-likeness (QED) is 0.622. The van der Waals surface area contributed by atoms with Crippen molar-refractivity contribution in [3.05, 3.63) is 30.5 Å². The topological polar surface area (TPSA) is 13.1 Å². The van der Waals surface area contributed by atoms with E-state index in [4.69, 9.17) is 4.42 Å². The molecule has 1 heterocycles. The van der Waals surface area contributed by atoms with Gasteiger partial charge in [-0.2, -0.15) is 0 Å². The Balaban J connectivity index is 2.61. The first-order valence-electron chi connectivity index (χ1n) is 3.74. The molecule has 0 atom stereocenters. The lowest BCUT2D eigenvalue weighted by atomic mass is 9.80. The molecule has 0 radical (unpaired) electrons. The first-order chi connectivity index (χ1) is 6.07. The Morgan fingerprint density at radius 2 is 1.85 bits per heavy atom. The van der Waals surface area contributed by atoms with Crippen molar-refractivity contribution in [3.8, 4) is 0 Å². The fourth-order valence-electron chi connectivity index (χ4n) is 1.19. The van der Waals surface area contributed by atoms with Crippen molar-refractivity contribution in [1.29, 1.82) is 0 Å². The summed E-state index contributed by atoms with van der Waals surface area (Å²) >= 11 is 0. The summed E-state index contributed by atoms with van der Waals surface area (Å²) in [7, 11) is 0. The van der Waals surface area contributed by atoms with Crippen LogP contribution in [0.3, 0.4) is 0 Å². The molecule has 13 heavy (non-hydrogen) atoms. The van der Waals surface area contributed by atoms with Gasteiger partial charge in [-0.25, -0.2) is 0 Å². The number of benzene rings is 1. The van der Waals surface area contributed by atoms with Crippen LogP contribution in [0.2, 0.25) is 0 Å². The number of hydrogen-bond donors (Lipinski definition) is 0. The Bertz CT molecular complexity index is 432. The second-order valence-electron chi connectivity index (χ2n) is 2.79. The lowest BCUT2D eigenvalue weighted by Gasteiger charge is -2.13. The van der Waals surface area contributed by atoms with Gasteiger partial charge in [-0.3, -0.25) is 0 Å². The Kier molecular flexibility index (Phi) is 1.61. The Hall–Kier alpha value is -1.39. The molecule has 2 rings (SSSR count). The van der Waals surface area contributed by atoms with Crippen molar-refractivity contribution in [2.24, 2.45) is 0 Å². The molecule has 1 aromatic carbocycles. The summed E-state index contributed by atoms with van der Waals surface area (Å²) in [5.41, 5.74) is -0.113. The molecule has 0 saturated heterocycles. The molecule has 1 nitrogen and oxygen atoms in total. The average molecular weight is 185 g/mol. The first kappa shape index (κ1) is 8.22. The molecule has 0 spiro atoms. The van der Waals surface area contributed by atoms with Crippen LogP contribution in [-0.2, 0) is 0 Å². The van der Waals surface area contributed by atoms with E-state index < -0.39 is 12.4 Å². The van der Waals surface area contributed by atoms with Crippen molar-refractivity contribution in [2.75, 3.05) is 0 Å². The van der Waals surface area contributed by atoms with Gasteiger partial charge in [0.2, 0.25) is 0 Å². The largest absolute Gasteiger partial charge is 0.509 e. The van der Waals surface area contributed by atoms with E-state index in [-0.39, 0.29) is 0 Å². The van der Waals surface area contributed by atoms with Crippen molar-refractivity contribution in [1.82, 2.24) is 0 Å². The van der Waals surface area contributed by atoms with E-state index in [1.807, 2.05) is 0 Å². The summed E-state index contributed by atoms with van der Waals surface area (Å²) in [6.45, 7) is -4.91. The van der Waals surface area contributed by atoms with Crippen molar-refractivity contribution in [2.45, 2.75) is 0 Å². The van der Waals surface area contributed by atoms with Gasteiger partial charge < -0.3 is 17.4 Å². The number of furan rings is 1. The minimum absolute atomic E-state index is 0.476. The van der Waals surface area contributed by atoms with Crippen LogP contribution in [0.25, 0.3) is 11.0 Å². The Morgan fingerprint density at radius 1 is 1.08 bits per heavy atom. The zero-order valence-electron chi connectivity index (χ0n) is 6.51. The van der Waals surface area contributed by atoms with Crippen LogP contribution in [0.15, 0.2) is 34.9 Å². The predicted octanol–water partition coefficient (Wildman–Crippen LogP) is 2.49. The lowest BCUT2D eigenvalue weighted by molar-refractivity contribution is 0.501. The third kappa shape index (κ3) is 1.41. The molecule has 0 fully saturated rings. The standard InChI is InChI=1S/C8H5BF3O/c10-9(11,12)7-1-2-8-6(5-7)3-4-13-8/h1-5H/q-1. The third-order valence-corrected chi connectivity index (χ3v) is 1.85. The smallest absolute Gasteiger partial charge is 0.464 e. The molecule has 0 unspecified atom stereocenters. The molecule has 0 saturated carbocycles. The van der Waals surface area contributed by atoms with Crippen molar-refractivity contribution >= 4 is 23.4 Å². The Labute approximate surface area is 72.2 Å². The highest BCUT2D eigenvalue weighted by molar-refractivity contribution is 6.73. The summed E-state index contributed by atoms with van der Waals surface area (Å²) in [6.07, 6.45) is 1.37. The molecule has 0 amide bonds. The van der Waals surface area contributed by atoms with E-state index in [0.29, 0.717) is 11.0 Å². The van der Waals surface area contributed by atoms with Gasteiger partial charge in [-0.1, -0.05) is 12.1 Å². The highest BCUT2D eigenvalue weighted by atomic mass is 19.4. The van der Waals surface area contributed by atoms with Crippen LogP contribution in [0.4, 0.5) is 12.9 Å². The van der Waals surface area contributed by atoms with Gasteiger partial charge in [-0.05, 0) is 12.1 Å². The van der Waals surface area contributed by atoms with Crippen LogP contribution in [0.1, 0.15) is 0 Å². The van der Waals surface area contributed by atoms with Gasteiger partial charge in [0.15, 0.2) is 0 Å². The molecule has 0 aliphatic carbocycles. The Morgan fingerprint density at radius 3 is 2.54 bits per heavy atom.